The van der Waals surface area contributed by atoms with Gasteiger partial charge in [0, 0.05) is 16.1 Å². The molecular weight excluding hydrogens is 587 g/mol. The SMILES string of the molecule is CCC(Sc1cccc(NC(=O)/C(=C/c2ccccc2C)NC(=O)c2ccccc2)c1)C(=O)Nc1ccccc1C(F)(F)F. The molecule has 0 saturated heterocycles. The third-order valence-corrected chi connectivity index (χ3v) is 7.90. The first kappa shape index (κ1) is 32.1. The lowest BCUT2D eigenvalue weighted by Crippen LogP contribution is -2.30. The Morgan fingerprint density at radius 3 is 2.23 bits per heavy atom. The molecule has 0 bridgehead atoms. The molecule has 0 aliphatic heterocycles. The fourth-order valence-corrected chi connectivity index (χ4v) is 5.24. The smallest absolute Gasteiger partial charge is 0.325 e. The number of hydrogen-bond acceptors (Lipinski definition) is 4. The largest absolute Gasteiger partial charge is 0.418 e. The minimum Gasteiger partial charge on any atom is -0.325 e. The monoisotopic (exact) mass is 617 g/mol. The van der Waals surface area contributed by atoms with E-state index in [-0.39, 0.29) is 11.4 Å². The molecule has 0 heterocycles. The van der Waals surface area contributed by atoms with Crippen LogP contribution in [0.4, 0.5) is 24.5 Å². The molecule has 0 radical (unpaired) electrons. The molecule has 226 valence electrons. The first-order valence-corrected chi connectivity index (χ1v) is 14.6. The Balaban J connectivity index is 1.51. The maximum Gasteiger partial charge on any atom is 0.418 e. The molecule has 0 aliphatic rings. The number of hydrogen-bond donors (Lipinski definition) is 3. The lowest BCUT2D eigenvalue weighted by molar-refractivity contribution is -0.137. The van der Waals surface area contributed by atoms with Crippen LogP contribution < -0.4 is 16.0 Å². The zero-order valence-electron chi connectivity index (χ0n) is 23.9. The zero-order chi connectivity index (χ0) is 31.7. The number of rotatable bonds is 10. The summed E-state index contributed by atoms with van der Waals surface area (Å²) in [7, 11) is 0. The van der Waals surface area contributed by atoms with Gasteiger partial charge in [-0.2, -0.15) is 13.2 Å². The summed E-state index contributed by atoms with van der Waals surface area (Å²) in [4.78, 5) is 40.0. The summed E-state index contributed by atoms with van der Waals surface area (Å²) in [5.74, 6) is -1.59. The number of alkyl halides is 3. The van der Waals surface area contributed by atoms with Gasteiger partial charge in [-0.15, -0.1) is 11.8 Å². The lowest BCUT2D eigenvalue weighted by Gasteiger charge is -2.18. The van der Waals surface area contributed by atoms with Gasteiger partial charge < -0.3 is 16.0 Å². The maximum atomic E-state index is 13.5. The summed E-state index contributed by atoms with van der Waals surface area (Å²) in [6.45, 7) is 3.65. The summed E-state index contributed by atoms with van der Waals surface area (Å²) in [6.07, 6.45) is -2.67. The van der Waals surface area contributed by atoms with E-state index in [1.165, 1.54) is 18.2 Å². The molecule has 1 unspecified atom stereocenters. The Bertz CT molecular complexity index is 1670. The van der Waals surface area contributed by atoms with E-state index in [2.05, 4.69) is 16.0 Å². The van der Waals surface area contributed by atoms with Crippen molar-refractivity contribution >= 4 is 46.9 Å². The van der Waals surface area contributed by atoms with Gasteiger partial charge in [0.2, 0.25) is 5.91 Å². The normalized spacial score (nSPS) is 12.2. The van der Waals surface area contributed by atoms with Crippen LogP contribution in [0.25, 0.3) is 6.08 Å². The maximum absolute atomic E-state index is 13.5. The molecule has 0 saturated carbocycles. The Kier molecular flexibility index (Phi) is 10.6. The number of aryl methyl sites for hydroxylation is 1. The van der Waals surface area contributed by atoms with E-state index in [0.29, 0.717) is 22.6 Å². The second kappa shape index (κ2) is 14.6. The van der Waals surface area contributed by atoms with Crippen LogP contribution in [0.3, 0.4) is 0 Å². The average Bonchev–Trinajstić information content (AvgIpc) is 3.00. The number of halogens is 3. The first-order chi connectivity index (χ1) is 21.0. The molecular formula is C34H30F3N3O3S. The zero-order valence-corrected chi connectivity index (χ0v) is 24.8. The molecule has 10 heteroatoms. The number of thioether (sulfide) groups is 1. The highest BCUT2D eigenvalue weighted by atomic mass is 32.2. The van der Waals surface area contributed by atoms with Crippen LogP contribution in [0.2, 0.25) is 0 Å². The minimum absolute atomic E-state index is 0.0281. The van der Waals surface area contributed by atoms with Gasteiger partial charge >= 0.3 is 6.18 Å². The summed E-state index contributed by atoms with van der Waals surface area (Å²) >= 11 is 1.16. The molecule has 0 fully saturated rings. The van der Waals surface area contributed by atoms with Crippen molar-refractivity contribution in [3.8, 4) is 0 Å². The number of benzene rings is 4. The molecule has 4 rings (SSSR count). The number of para-hydroxylation sites is 1. The highest BCUT2D eigenvalue weighted by Crippen LogP contribution is 2.35. The van der Waals surface area contributed by atoms with Crippen molar-refractivity contribution in [3.63, 3.8) is 0 Å². The second-order valence-corrected chi connectivity index (χ2v) is 11.0. The van der Waals surface area contributed by atoms with Gasteiger partial charge in [0.25, 0.3) is 11.8 Å². The lowest BCUT2D eigenvalue weighted by atomic mass is 10.1. The van der Waals surface area contributed by atoms with Gasteiger partial charge in [0.1, 0.15) is 5.70 Å². The van der Waals surface area contributed by atoms with E-state index >= 15 is 0 Å². The van der Waals surface area contributed by atoms with E-state index in [4.69, 9.17) is 0 Å². The van der Waals surface area contributed by atoms with E-state index in [0.717, 1.165) is 29.0 Å². The molecule has 44 heavy (non-hydrogen) atoms. The highest BCUT2D eigenvalue weighted by molar-refractivity contribution is 8.00. The fourth-order valence-electron chi connectivity index (χ4n) is 4.23. The van der Waals surface area contributed by atoms with Crippen LogP contribution in [-0.2, 0) is 15.8 Å². The van der Waals surface area contributed by atoms with E-state index in [1.807, 2.05) is 31.2 Å². The average molecular weight is 618 g/mol. The van der Waals surface area contributed by atoms with Crippen molar-refractivity contribution in [2.75, 3.05) is 10.6 Å². The van der Waals surface area contributed by atoms with Crippen molar-refractivity contribution in [1.82, 2.24) is 5.32 Å². The molecule has 0 spiro atoms. The fraction of sp³-hybridized carbons (Fsp3) is 0.147. The molecule has 0 aliphatic carbocycles. The van der Waals surface area contributed by atoms with Crippen LogP contribution >= 0.6 is 11.8 Å². The minimum atomic E-state index is -4.61. The predicted molar refractivity (Wildman–Crippen MR) is 168 cm³/mol. The van der Waals surface area contributed by atoms with Gasteiger partial charge in [0.05, 0.1) is 16.5 Å². The number of nitrogens with one attached hydrogen (secondary N) is 3. The van der Waals surface area contributed by atoms with Crippen LogP contribution in [0.5, 0.6) is 0 Å². The molecule has 4 aromatic carbocycles. The third-order valence-electron chi connectivity index (χ3n) is 6.54. The van der Waals surface area contributed by atoms with Crippen molar-refractivity contribution in [2.24, 2.45) is 0 Å². The third kappa shape index (κ3) is 8.61. The molecule has 0 aromatic heterocycles. The van der Waals surface area contributed by atoms with Crippen LogP contribution in [-0.4, -0.2) is 23.0 Å². The van der Waals surface area contributed by atoms with E-state index in [9.17, 15) is 27.6 Å². The number of carbonyl (C=O) groups is 3. The van der Waals surface area contributed by atoms with E-state index in [1.54, 1.807) is 67.6 Å². The summed E-state index contributed by atoms with van der Waals surface area (Å²) in [5.41, 5.74) is 1.24. The molecule has 1 atom stereocenters. The Labute approximate surface area is 257 Å². The summed E-state index contributed by atoms with van der Waals surface area (Å²) in [6, 6.07) is 27.5. The van der Waals surface area contributed by atoms with Crippen LogP contribution in [0.1, 0.15) is 40.4 Å². The van der Waals surface area contributed by atoms with Crippen LogP contribution in [0.15, 0.2) is 114 Å². The molecule has 4 aromatic rings. The van der Waals surface area contributed by atoms with Crippen molar-refractivity contribution in [3.05, 3.63) is 131 Å². The van der Waals surface area contributed by atoms with Crippen molar-refractivity contribution < 1.29 is 27.6 Å². The second-order valence-electron chi connectivity index (χ2n) is 9.76. The Morgan fingerprint density at radius 2 is 1.52 bits per heavy atom. The molecule has 3 amide bonds. The quantitative estimate of drug-likeness (QED) is 0.125. The van der Waals surface area contributed by atoms with Crippen LogP contribution in [0, 0.1) is 6.92 Å². The Morgan fingerprint density at radius 1 is 0.841 bits per heavy atom. The number of carbonyl (C=O) groups excluding carboxylic acids is 3. The van der Waals surface area contributed by atoms with E-state index < -0.39 is 34.7 Å². The number of amides is 3. The highest BCUT2D eigenvalue weighted by Gasteiger charge is 2.34. The van der Waals surface area contributed by atoms with Gasteiger partial charge in [-0.1, -0.05) is 67.6 Å². The number of anilines is 2. The van der Waals surface area contributed by atoms with Gasteiger partial charge in [0.15, 0.2) is 0 Å². The summed E-state index contributed by atoms with van der Waals surface area (Å²) < 4.78 is 40.2. The standard InChI is InChI=1S/C34H30F3N3O3S/c1-3-30(33(43)39-28-19-10-9-18-27(28)34(35,36)37)44-26-17-11-16-25(21-26)38-32(42)29(20-24-15-8-7-12-22(24)2)40-31(41)23-13-5-4-6-14-23/h4-21,30H,3H2,1-2H3,(H,38,42)(H,39,43)(H,40,41)/b29-20-. The van der Waals surface area contributed by atoms with Crippen molar-refractivity contribution in [2.45, 2.75) is 36.6 Å². The molecule has 3 N–H and O–H groups in total. The summed E-state index contributed by atoms with van der Waals surface area (Å²) in [5, 5.41) is 7.22. The van der Waals surface area contributed by atoms with Crippen molar-refractivity contribution in [1.29, 1.82) is 0 Å². The van der Waals surface area contributed by atoms with Gasteiger partial charge in [-0.25, -0.2) is 0 Å². The Hall–Kier alpha value is -4.83. The molecule has 6 nitrogen and oxygen atoms in total. The topological polar surface area (TPSA) is 87.3 Å². The van der Waals surface area contributed by atoms with Gasteiger partial charge in [-0.3, -0.25) is 14.4 Å². The van der Waals surface area contributed by atoms with Gasteiger partial charge in [-0.05, 0) is 73.0 Å². The first-order valence-electron chi connectivity index (χ1n) is 13.7. The predicted octanol–water partition coefficient (Wildman–Crippen LogP) is 7.93.